The van der Waals surface area contributed by atoms with Crippen LogP contribution in [-0.4, -0.2) is 32.1 Å². The van der Waals surface area contributed by atoms with Gasteiger partial charge in [0, 0.05) is 11.8 Å². The third kappa shape index (κ3) is 3.61. The molecule has 1 atom stereocenters. The number of carbonyl (C=O) groups is 2. The smallest absolute Gasteiger partial charge is 0.328 e. The molecule has 1 N–H and O–H groups in total. The molecule has 0 unspecified atom stereocenters. The van der Waals surface area contributed by atoms with Gasteiger partial charge in [0.25, 0.3) is 0 Å². The molecular formula is C22H28ClNO4. The molecule has 28 heavy (non-hydrogen) atoms. The van der Waals surface area contributed by atoms with Gasteiger partial charge in [0.2, 0.25) is 5.91 Å². The molecule has 5 nitrogen and oxygen atoms in total. The molecule has 0 aromatic heterocycles. The first-order valence-electron chi connectivity index (χ1n) is 10.1. The Labute approximate surface area is 171 Å². The normalized spacial score (nSPS) is 31.3. The zero-order chi connectivity index (χ0) is 19.9. The summed E-state index contributed by atoms with van der Waals surface area (Å²) in [5.74, 6) is 2.21. The molecule has 4 saturated carbocycles. The van der Waals surface area contributed by atoms with Crippen LogP contribution >= 0.6 is 11.6 Å². The van der Waals surface area contributed by atoms with Crippen molar-refractivity contribution < 1.29 is 19.1 Å². The molecule has 4 aliphatic rings. The van der Waals surface area contributed by atoms with Gasteiger partial charge in [0.05, 0.1) is 19.2 Å². The average molecular weight is 406 g/mol. The maximum Gasteiger partial charge on any atom is 0.328 e. The van der Waals surface area contributed by atoms with Crippen molar-refractivity contribution in [2.45, 2.75) is 51.0 Å². The van der Waals surface area contributed by atoms with Crippen molar-refractivity contribution >= 4 is 23.5 Å². The number of rotatable bonds is 6. The predicted molar refractivity (Wildman–Crippen MR) is 106 cm³/mol. The number of hydrogen-bond acceptors (Lipinski definition) is 4. The largest absolute Gasteiger partial charge is 0.495 e. The predicted octanol–water partition coefficient (Wildman–Crippen LogP) is 3.77. The molecule has 5 rings (SSSR count). The number of benzene rings is 1. The van der Waals surface area contributed by atoms with Gasteiger partial charge in [-0.05, 0) is 74.0 Å². The van der Waals surface area contributed by atoms with E-state index in [9.17, 15) is 9.59 Å². The van der Waals surface area contributed by atoms with E-state index in [0.717, 1.165) is 24.8 Å². The Balaban J connectivity index is 1.50. The molecule has 1 amide bonds. The lowest BCUT2D eigenvalue weighted by atomic mass is 9.49. The fraction of sp³-hybridized carbons (Fsp3) is 0.636. The Kier molecular flexibility index (Phi) is 5.30. The summed E-state index contributed by atoms with van der Waals surface area (Å²) >= 11 is 6.21. The van der Waals surface area contributed by atoms with Crippen molar-refractivity contribution in [2.75, 3.05) is 14.2 Å². The van der Waals surface area contributed by atoms with Crippen LogP contribution in [0.4, 0.5) is 0 Å². The Hall–Kier alpha value is -1.75. The number of carbonyl (C=O) groups excluding carboxylic acids is 2. The Morgan fingerprint density at radius 2 is 1.75 bits per heavy atom. The zero-order valence-electron chi connectivity index (χ0n) is 16.5. The van der Waals surface area contributed by atoms with E-state index in [2.05, 4.69) is 5.32 Å². The topological polar surface area (TPSA) is 64.6 Å². The van der Waals surface area contributed by atoms with Crippen LogP contribution in [0.3, 0.4) is 0 Å². The van der Waals surface area contributed by atoms with E-state index in [1.807, 2.05) is 6.07 Å². The van der Waals surface area contributed by atoms with Crippen LogP contribution < -0.4 is 10.1 Å². The van der Waals surface area contributed by atoms with Gasteiger partial charge in [-0.2, -0.15) is 0 Å². The highest BCUT2D eigenvalue weighted by molar-refractivity contribution is 6.32. The second-order valence-electron chi connectivity index (χ2n) is 8.92. The molecule has 4 bridgehead atoms. The molecule has 0 heterocycles. The van der Waals surface area contributed by atoms with E-state index in [1.165, 1.54) is 26.4 Å². The lowest BCUT2D eigenvalue weighted by molar-refractivity contribution is -0.152. The highest BCUT2D eigenvalue weighted by atomic mass is 35.5. The molecule has 1 aromatic rings. The van der Waals surface area contributed by atoms with Crippen molar-refractivity contribution in [3.63, 3.8) is 0 Å². The molecule has 4 fully saturated rings. The Morgan fingerprint density at radius 3 is 2.25 bits per heavy atom. The second kappa shape index (κ2) is 7.58. The summed E-state index contributed by atoms with van der Waals surface area (Å²) in [5.41, 5.74) is 0.561. The summed E-state index contributed by atoms with van der Waals surface area (Å²) < 4.78 is 10.2. The van der Waals surface area contributed by atoms with Crippen LogP contribution in [0.2, 0.25) is 5.02 Å². The SMILES string of the molecule is COC(=O)[C@@H](Cc1ccc(OC)c(Cl)c1)NC(=O)C12CC3CC(CC(C3)C1)C2. The maximum atomic E-state index is 13.3. The van der Waals surface area contributed by atoms with Crippen LogP contribution in [0.25, 0.3) is 0 Å². The Morgan fingerprint density at radius 1 is 1.14 bits per heavy atom. The standard InChI is InChI=1S/C22H28ClNO4/c1-27-19-4-3-13(8-17(19)23)9-18(20(25)28-2)24-21(26)22-10-14-5-15(11-22)7-16(6-14)12-22/h3-4,8,14-16,18H,5-7,9-12H2,1-2H3,(H,24,26)/t14?,15?,16?,18-,22?/m1/s1. The van der Waals surface area contributed by atoms with E-state index in [-0.39, 0.29) is 11.3 Å². The van der Waals surface area contributed by atoms with Gasteiger partial charge >= 0.3 is 5.97 Å². The van der Waals surface area contributed by atoms with E-state index in [0.29, 0.717) is 34.9 Å². The van der Waals surface area contributed by atoms with Gasteiger partial charge in [-0.15, -0.1) is 0 Å². The molecule has 1 aromatic carbocycles. The summed E-state index contributed by atoms with van der Waals surface area (Å²) in [7, 11) is 2.91. The number of ether oxygens (including phenoxy) is 2. The Bertz CT molecular complexity index is 743. The minimum atomic E-state index is -0.713. The monoisotopic (exact) mass is 405 g/mol. The number of esters is 1. The van der Waals surface area contributed by atoms with Crippen molar-refractivity contribution in [2.24, 2.45) is 23.2 Å². The van der Waals surface area contributed by atoms with Gasteiger partial charge in [-0.1, -0.05) is 17.7 Å². The number of amides is 1. The number of halogens is 1. The molecule has 0 aliphatic heterocycles. The van der Waals surface area contributed by atoms with Gasteiger partial charge in [-0.25, -0.2) is 4.79 Å². The fourth-order valence-electron chi connectivity index (χ4n) is 6.11. The average Bonchev–Trinajstić information content (AvgIpc) is 2.66. The minimum Gasteiger partial charge on any atom is -0.495 e. The molecular weight excluding hydrogens is 378 g/mol. The van der Waals surface area contributed by atoms with Crippen molar-refractivity contribution in [3.8, 4) is 5.75 Å². The summed E-state index contributed by atoms with van der Waals surface area (Å²) in [6, 6.07) is 4.69. The van der Waals surface area contributed by atoms with Gasteiger partial charge in [0.1, 0.15) is 11.8 Å². The fourth-order valence-corrected chi connectivity index (χ4v) is 6.39. The third-order valence-electron chi connectivity index (χ3n) is 6.97. The second-order valence-corrected chi connectivity index (χ2v) is 9.33. The molecule has 152 valence electrons. The molecule has 6 heteroatoms. The summed E-state index contributed by atoms with van der Waals surface area (Å²) in [6.45, 7) is 0. The number of hydrogen-bond donors (Lipinski definition) is 1. The highest BCUT2D eigenvalue weighted by Gasteiger charge is 2.55. The van der Waals surface area contributed by atoms with Crippen LogP contribution in [0.1, 0.15) is 44.1 Å². The van der Waals surface area contributed by atoms with Crippen LogP contribution in [-0.2, 0) is 20.7 Å². The van der Waals surface area contributed by atoms with E-state index < -0.39 is 12.0 Å². The molecule has 4 aliphatic carbocycles. The zero-order valence-corrected chi connectivity index (χ0v) is 17.3. The summed E-state index contributed by atoms with van der Waals surface area (Å²) in [4.78, 5) is 25.7. The lowest BCUT2D eigenvalue weighted by Gasteiger charge is -2.55. The van der Waals surface area contributed by atoms with Crippen LogP contribution in [0.15, 0.2) is 18.2 Å². The van der Waals surface area contributed by atoms with Crippen molar-refractivity contribution in [1.82, 2.24) is 5.32 Å². The van der Waals surface area contributed by atoms with Crippen LogP contribution in [0, 0.1) is 23.2 Å². The van der Waals surface area contributed by atoms with E-state index >= 15 is 0 Å². The highest BCUT2D eigenvalue weighted by Crippen LogP contribution is 2.60. The first-order valence-corrected chi connectivity index (χ1v) is 10.5. The van der Waals surface area contributed by atoms with E-state index in [1.54, 1.807) is 19.2 Å². The van der Waals surface area contributed by atoms with Crippen molar-refractivity contribution in [3.05, 3.63) is 28.8 Å². The summed E-state index contributed by atoms with van der Waals surface area (Å²) in [5, 5.41) is 3.52. The molecule has 0 spiro atoms. The van der Waals surface area contributed by atoms with E-state index in [4.69, 9.17) is 21.1 Å². The summed E-state index contributed by atoms with van der Waals surface area (Å²) in [6.07, 6.45) is 7.06. The molecule has 0 radical (unpaired) electrons. The first-order chi connectivity index (χ1) is 13.4. The van der Waals surface area contributed by atoms with Crippen molar-refractivity contribution in [1.29, 1.82) is 0 Å². The third-order valence-corrected chi connectivity index (χ3v) is 7.26. The number of methoxy groups -OCH3 is 2. The molecule has 0 saturated heterocycles. The van der Waals surface area contributed by atoms with Gasteiger partial charge < -0.3 is 14.8 Å². The quantitative estimate of drug-likeness (QED) is 0.732. The minimum absolute atomic E-state index is 0.0293. The number of nitrogens with one attached hydrogen (secondary N) is 1. The van der Waals surface area contributed by atoms with Crippen LogP contribution in [0.5, 0.6) is 5.75 Å². The lowest BCUT2D eigenvalue weighted by Crippen LogP contribution is -2.56. The van der Waals surface area contributed by atoms with Gasteiger partial charge in [0.15, 0.2) is 0 Å². The first kappa shape index (κ1) is 19.6. The van der Waals surface area contributed by atoms with Gasteiger partial charge in [-0.3, -0.25) is 4.79 Å². The maximum absolute atomic E-state index is 13.3.